The Morgan fingerprint density at radius 1 is 0.917 bits per heavy atom. The van der Waals surface area contributed by atoms with Crippen molar-refractivity contribution in [3.05, 3.63) is 118 Å². The number of allylic oxidation sites excluding steroid dienone is 1. The molecule has 1 aliphatic carbocycles. The predicted molar refractivity (Wildman–Crippen MR) is 141 cm³/mol. The first-order chi connectivity index (χ1) is 17.4. The summed E-state index contributed by atoms with van der Waals surface area (Å²) in [6, 6.07) is 26.2. The van der Waals surface area contributed by atoms with Crippen LogP contribution in [-0.4, -0.2) is 37.7 Å². The summed E-state index contributed by atoms with van der Waals surface area (Å²) in [4.78, 5) is 13.9. The second kappa shape index (κ2) is 9.76. The number of benzene rings is 3. The molecule has 1 N–H and O–H groups in total. The number of hydrazine groups is 1. The third-order valence-corrected chi connectivity index (χ3v) is 8.54. The molecule has 0 saturated heterocycles. The summed E-state index contributed by atoms with van der Waals surface area (Å²) in [5.41, 5.74) is 9.43. The summed E-state index contributed by atoms with van der Waals surface area (Å²) in [5.74, 6) is -0.203. The second-order valence-electron chi connectivity index (χ2n) is 9.25. The third-order valence-electron chi connectivity index (χ3n) is 6.71. The van der Waals surface area contributed by atoms with Crippen molar-refractivity contribution >= 4 is 22.0 Å². The molecule has 0 bridgehead atoms. The van der Waals surface area contributed by atoms with Crippen molar-refractivity contribution in [3.8, 4) is 0 Å². The van der Waals surface area contributed by atoms with E-state index in [1.54, 1.807) is 17.1 Å². The molecule has 1 heterocycles. The molecule has 0 saturated carbocycles. The van der Waals surface area contributed by atoms with Gasteiger partial charge in [-0.15, -0.1) is 0 Å². The quantitative estimate of drug-likeness (QED) is 0.527. The highest BCUT2D eigenvalue weighted by Crippen LogP contribution is 2.44. The zero-order chi connectivity index (χ0) is 25.3. The van der Waals surface area contributed by atoms with Gasteiger partial charge in [0.15, 0.2) is 0 Å². The average Bonchev–Trinajstić information content (AvgIpc) is 3.30. The second-order valence-corrected chi connectivity index (χ2v) is 11.4. The maximum absolute atomic E-state index is 13.8. The number of hydrogen-bond acceptors (Lipinski definition) is 4. The number of carbonyl (C=O) groups excluding carboxylic acids is 1. The normalized spacial score (nSPS) is 18.9. The van der Waals surface area contributed by atoms with Crippen molar-refractivity contribution in [2.75, 3.05) is 14.1 Å². The van der Waals surface area contributed by atoms with Crippen LogP contribution in [-0.2, 0) is 10.0 Å². The van der Waals surface area contributed by atoms with Gasteiger partial charge in [-0.3, -0.25) is 10.2 Å². The maximum atomic E-state index is 13.8. The smallest absolute Gasteiger partial charge is 0.273 e. The van der Waals surface area contributed by atoms with E-state index in [-0.39, 0.29) is 16.8 Å². The summed E-state index contributed by atoms with van der Waals surface area (Å²) < 4.78 is 26.1. The molecule has 0 aromatic heterocycles. The minimum absolute atomic E-state index is 0.156. The summed E-state index contributed by atoms with van der Waals surface area (Å²) in [6.45, 7) is 0. The number of rotatable bonds is 5. The summed E-state index contributed by atoms with van der Waals surface area (Å²) in [7, 11) is -0.590. The summed E-state index contributed by atoms with van der Waals surface area (Å²) in [5, 5.41) is 1.69. The Balaban J connectivity index is 1.52. The van der Waals surface area contributed by atoms with Crippen LogP contribution in [0.25, 0.3) is 6.08 Å². The van der Waals surface area contributed by atoms with E-state index in [1.165, 1.54) is 37.4 Å². The Labute approximate surface area is 212 Å². The third kappa shape index (κ3) is 4.47. The van der Waals surface area contributed by atoms with E-state index in [1.807, 2.05) is 48.5 Å². The van der Waals surface area contributed by atoms with Gasteiger partial charge in [0.05, 0.1) is 10.6 Å². The van der Waals surface area contributed by atoms with E-state index >= 15 is 0 Å². The van der Waals surface area contributed by atoms with Crippen molar-refractivity contribution in [1.82, 2.24) is 14.7 Å². The van der Waals surface area contributed by atoms with Crippen LogP contribution in [0, 0.1) is 0 Å². The zero-order valence-corrected chi connectivity index (χ0v) is 21.2. The molecule has 2 aliphatic rings. The van der Waals surface area contributed by atoms with Crippen LogP contribution >= 0.6 is 0 Å². The Morgan fingerprint density at radius 2 is 1.56 bits per heavy atom. The number of hydrogen-bond donors (Lipinski definition) is 1. The number of sulfonamides is 1. The lowest BCUT2D eigenvalue weighted by Crippen LogP contribution is -2.40. The maximum Gasteiger partial charge on any atom is 0.273 e. The molecule has 0 radical (unpaired) electrons. The fourth-order valence-electron chi connectivity index (χ4n) is 4.85. The fraction of sp³-hybridized carbons (Fsp3) is 0.207. The van der Waals surface area contributed by atoms with Crippen LogP contribution in [0.3, 0.4) is 0 Å². The van der Waals surface area contributed by atoms with Gasteiger partial charge in [-0.25, -0.2) is 17.7 Å². The largest absolute Gasteiger partial charge is 0.295 e. The van der Waals surface area contributed by atoms with Crippen molar-refractivity contribution in [3.63, 3.8) is 0 Å². The fourth-order valence-corrected chi connectivity index (χ4v) is 5.75. The van der Waals surface area contributed by atoms with Crippen LogP contribution in [0.15, 0.2) is 107 Å². The topological polar surface area (TPSA) is 69.7 Å². The van der Waals surface area contributed by atoms with Crippen molar-refractivity contribution in [2.45, 2.75) is 30.2 Å². The molecule has 0 unspecified atom stereocenters. The summed E-state index contributed by atoms with van der Waals surface area (Å²) in [6.07, 6.45) is 5.04. The Hall–Kier alpha value is -3.68. The van der Waals surface area contributed by atoms with Gasteiger partial charge < -0.3 is 0 Å². The molecule has 36 heavy (non-hydrogen) atoms. The highest BCUT2D eigenvalue weighted by atomic mass is 32.2. The van der Waals surface area contributed by atoms with E-state index in [0.717, 1.165) is 40.4 Å². The highest BCUT2D eigenvalue weighted by molar-refractivity contribution is 7.89. The Bertz CT molecular complexity index is 1430. The molecule has 0 fully saturated rings. The molecule has 0 spiro atoms. The molecule has 5 rings (SSSR count). The van der Waals surface area contributed by atoms with Crippen LogP contribution in [0.1, 0.15) is 46.8 Å². The van der Waals surface area contributed by atoms with Crippen LogP contribution in [0.5, 0.6) is 0 Å². The van der Waals surface area contributed by atoms with E-state index < -0.39 is 10.0 Å². The first kappa shape index (κ1) is 24.0. The van der Waals surface area contributed by atoms with E-state index in [4.69, 9.17) is 0 Å². The minimum atomic E-state index is -3.57. The molecular weight excluding hydrogens is 470 g/mol. The van der Waals surface area contributed by atoms with Gasteiger partial charge in [0.25, 0.3) is 5.91 Å². The van der Waals surface area contributed by atoms with E-state index in [9.17, 15) is 13.2 Å². The monoisotopic (exact) mass is 499 g/mol. The molecule has 1 amide bonds. The number of carbonyl (C=O) groups is 1. The Morgan fingerprint density at radius 3 is 2.19 bits per heavy atom. The molecule has 1 aliphatic heterocycles. The van der Waals surface area contributed by atoms with Crippen molar-refractivity contribution < 1.29 is 13.2 Å². The molecule has 1 atom stereocenters. The standard InChI is InChI=1S/C29H29N3O3S/c1-31(2)36(34,35)25-18-16-23(17-19-25)29(33)32-28(22-12-7-4-8-13-22)26-15-9-14-24(27(26)30-32)20-21-10-5-3-6-11-21/h3-8,10-13,16-20,28,30H,9,14-15H2,1-2H3/b24-20+/t28-/m1/s1. The number of amides is 1. The Kier molecular flexibility index (Phi) is 6.51. The zero-order valence-electron chi connectivity index (χ0n) is 20.4. The minimum Gasteiger partial charge on any atom is -0.295 e. The highest BCUT2D eigenvalue weighted by Gasteiger charge is 2.39. The van der Waals surface area contributed by atoms with Crippen molar-refractivity contribution in [1.29, 1.82) is 0 Å². The lowest BCUT2D eigenvalue weighted by Gasteiger charge is -2.27. The van der Waals surface area contributed by atoms with E-state index in [2.05, 4.69) is 23.6 Å². The SMILES string of the molecule is CN(C)S(=O)(=O)c1ccc(C(=O)N2NC3=C(CCC/C3=C\c3ccccc3)[C@H]2c2ccccc2)cc1. The predicted octanol–water partition coefficient (Wildman–Crippen LogP) is 5.16. The molecular formula is C29H29N3O3S. The average molecular weight is 500 g/mol. The van der Waals surface area contributed by atoms with Gasteiger partial charge in [0.1, 0.15) is 6.04 Å². The van der Waals surface area contributed by atoms with Gasteiger partial charge in [-0.05, 0) is 71.9 Å². The van der Waals surface area contributed by atoms with Gasteiger partial charge in [-0.1, -0.05) is 60.7 Å². The van der Waals surface area contributed by atoms with Crippen LogP contribution in [0.4, 0.5) is 0 Å². The number of nitrogens with zero attached hydrogens (tertiary/aromatic N) is 2. The van der Waals surface area contributed by atoms with Crippen LogP contribution in [0.2, 0.25) is 0 Å². The first-order valence-electron chi connectivity index (χ1n) is 12.0. The molecule has 6 nitrogen and oxygen atoms in total. The molecule has 184 valence electrons. The lowest BCUT2D eigenvalue weighted by molar-refractivity contribution is 0.0656. The molecule has 3 aromatic rings. The lowest BCUT2D eigenvalue weighted by atomic mass is 9.86. The van der Waals surface area contributed by atoms with Gasteiger partial charge in [0, 0.05) is 19.7 Å². The molecule has 7 heteroatoms. The van der Waals surface area contributed by atoms with E-state index in [0.29, 0.717) is 5.56 Å². The van der Waals surface area contributed by atoms with Gasteiger partial charge in [0.2, 0.25) is 10.0 Å². The van der Waals surface area contributed by atoms with Gasteiger partial charge >= 0.3 is 0 Å². The van der Waals surface area contributed by atoms with Crippen LogP contribution < -0.4 is 5.43 Å². The van der Waals surface area contributed by atoms with Gasteiger partial charge in [-0.2, -0.15) is 0 Å². The van der Waals surface area contributed by atoms with Crippen molar-refractivity contribution in [2.24, 2.45) is 0 Å². The number of nitrogens with one attached hydrogen (secondary N) is 1. The molecule has 3 aromatic carbocycles. The summed E-state index contributed by atoms with van der Waals surface area (Å²) >= 11 is 0. The first-order valence-corrected chi connectivity index (χ1v) is 13.5.